The molecular formula is C18H25N3O4S. The first-order chi connectivity index (χ1) is 12.7. The van der Waals surface area contributed by atoms with Crippen LogP contribution in [-0.4, -0.2) is 72.8 Å². The van der Waals surface area contributed by atoms with Gasteiger partial charge in [-0.05, 0) is 18.9 Å². The maximum absolute atomic E-state index is 12.8. The van der Waals surface area contributed by atoms with Crippen LogP contribution < -0.4 is 5.32 Å². The second-order valence-corrected chi connectivity index (χ2v) is 8.14. The van der Waals surface area contributed by atoms with Gasteiger partial charge in [0.25, 0.3) is 0 Å². The maximum Gasteiger partial charge on any atom is 0.243 e. The Morgan fingerprint density at radius 3 is 2.77 bits per heavy atom. The molecule has 3 heterocycles. The van der Waals surface area contributed by atoms with Gasteiger partial charge in [-0.25, -0.2) is 0 Å². The van der Waals surface area contributed by atoms with E-state index in [2.05, 4.69) is 10.2 Å². The number of ether oxygens (including phenoxy) is 1. The highest BCUT2D eigenvalue weighted by molar-refractivity contribution is 7.99. The third-order valence-corrected chi connectivity index (χ3v) is 6.47. The lowest BCUT2D eigenvalue weighted by Gasteiger charge is -2.29. The zero-order chi connectivity index (χ0) is 17.9. The first kappa shape index (κ1) is 17.9. The quantitative estimate of drug-likeness (QED) is 0.797. The molecule has 0 radical (unpaired) electrons. The Morgan fingerprint density at radius 2 is 2.08 bits per heavy atom. The van der Waals surface area contributed by atoms with Crippen LogP contribution in [0.15, 0.2) is 23.0 Å². The summed E-state index contributed by atoms with van der Waals surface area (Å²) >= 11 is 1.64. The summed E-state index contributed by atoms with van der Waals surface area (Å²) in [6.45, 7) is 4.74. The van der Waals surface area contributed by atoms with E-state index in [0.717, 1.165) is 51.3 Å². The minimum atomic E-state index is -0.405. The molecule has 7 nitrogen and oxygen atoms in total. The SMILES string of the molecule is O=C(NCCN1CCOCC1)C1CSC(c2ccoc2)N1C(=O)C1CC1. The van der Waals surface area contributed by atoms with Crippen LogP contribution in [0.3, 0.4) is 0 Å². The van der Waals surface area contributed by atoms with Crippen molar-refractivity contribution in [2.75, 3.05) is 45.1 Å². The number of carbonyl (C=O) groups is 2. The Kier molecular flexibility index (Phi) is 5.52. The fourth-order valence-corrected chi connectivity index (χ4v) is 4.89. The number of amides is 2. The van der Waals surface area contributed by atoms with E-state index in [1.807, 2.05) is 6.07 Å². The Labute approximate surface area is 157 Å². The second kappa shape index (κ2) is 8.02. The number of hydrogen-bond acceptors (Lipinski definition) is 6. The largest absolute Gasteiger partial charge is 0.472 e. The summed E-state index contributed by atoms with van der Waals surface area (Å²) < 4.78 is 10.5. The molecule has 2 amide bonds. The predicted octanol–water partition coefficient (Wildman–Crippen LogP) is 1.08. The van der Waals surface area contributed by atoms with Crippen LogP contribution in [0.25, 0.3) is 0 Å². The third kappa shape index (κ3) is 3.92. The van der Waals surface area contributed by atoms with E-state index >= 15 is 0 Å². The van der Waals surface area contributed by atoms with E-state index in [1.54, 1.807) is 29.2 Å². The lowest BCUT2D eigenvalue weighted by molar-refractivity contribution is -0.140. The van der Waals surface area contributed by atoms with Crippen molar-refractivity contribution in [1.82, 2.24) is 15.1 Å². The number of morpholine rings is 1. The molecule has 4 rings (SSSR count). The Morgan fingerprint density at radius 1 is 1.27 bits per heavy atom. The van der Waals surface area contributed by atoms with Gasteiger partial charge in [0, 0.05) is 43.4 Å². The van der Waals surface area contributed by atoms with Crippen molar-refractivity contribution >= 4 is 23.6 Å². The number of nitrogens with one attached hydrogen (secondary N) is 1. The number of hydrogen-bond donors (Lipinski definition) is 1. The highest BCUT2D eigenvalue weighted by Gasteiger charge is 2.46. The molecule has 2 atom stereocenters. The van der Waals surface area contributed by atoms with Crippen LogP contribution in [-0.2, 0) is 14.3 Å². The van der Waals surface area contributed by atoms with E-state index < -0.39 is 6.04 Å². The lowest BCUT2D eigenvalue weighted by atomic mass is 10.2. The fraction of sp³-hybridized carbons (Fsp3) is 0.667. The van der Waals surface area contributed by atoms with Crippen LogP contribution in [0.1, 0.15) is 23.8 Å². The van der Waals surface area contributed by atoms with Gasteiger partial charge in [0.1, 0.15) is 11.4 Å². The van der Waals surface area contributed by atoms with Crippen molar-refractivity contribution in [2.24, 2.45) is 5.92 Å². The average Bonchev–Trinajstić information content (AvgIpc) is 3.19. The molecule has 0 aromatic carbocycles. The van der Waals surface area contributed by atoms with Crippen molar-refractivity contribution in [1.29, 1.82) is 0 Å². The topological polar surface area (TPSA) is 75.0 Å². The van der Waals surface area contributed by atoms with Crippen LogP contribution in [0.4, 0.5) is 0 Å². The molecule has 2 unspecified atom stereocenters. The summed E-state index contributed by atoms with van der Waals surface area (Å²) in [6.07, 6.45) is 5.15. The van der Waals surface area contributed by atoms with Gasteiger partial charge in [-0.3, -0.25) is 14.5 Å². The third-order valence-electron chi connectivity index (χ3n) is 5.14. The van der Waals surface area contributed by atoms with E-state index in [1.165, 1.54) is 0 Å². The average molecular weight is 379 g/mol. The molecule has 1 N–H and O–H groups in total. The first-order valence-corrected chi connectivity index (χ1v) is 10.3. The van der Waals surface area contributed by atoms with E-state index in [0.29, 0.717) is 12.3 Å². The summed E-state index contributed by atoms with van der Waals surface area (Å²) in [5.41, 5.74) is 0.951. The molecule has 1 aromatic rings. The van der Waals surface area contributed by atoms with E-state index in [4.69, 9.17) is 9.15 Å². The maximum atomic E-state index is 12.8. The van der Waals surface area contributed by atoms with Gasteiger partial charge in [0.15, 0.2) is 0 Å². The summed E-state index contributed by atoms with van der Waals surface area (Å²) in [5.74, 6) is 0.768. The minimum Gasteiger partial charge on any atom is -0.472 e. The molecule has 2 aliphatic heterocycles. The number of carbonyl (C=O) groups excluding carboxylic acids is 2. The van der Waals surface area contributed by atoms with Crippen LogP contribution in [0.5, 0.6) is 0 Å². The van der Waals surface area contributed by atoms with E-state index in [9.17, 15) is 9.59 Å². The summed E-state index contributed by atoms with van der Waals surface area (Å²) in [7, 11) is 0. The number of thioether (sulfide) groups is 1. The normalized spacial score (nSPS) is 26.8. The minimum absolute atomic E-state index is 0.0502. The van der Waals surface area contributed by atoms with Crippen LogP contribution >= 0.6 is 11.8 Å². The number of furan rings is 1. The van der Waals surface area contributed by atoms with Gasteiger partial charge in [0.05, 0.1) is 25.7 Å². The Balaban J connectivity index is 1.37. The number of rotatable bonds is 6. The van der Waals surface area contributed by atoms with Gasteiger partial charge in [-0.2, -0.15) is 0 Å². The second-order valence-electron chi connectivity index (χ2n) is 7.02. The van der Waals surface area contributed by atoms with Gasteiger partial charge >= 0.3 is 0 Å². The zero-order valence-electron chi connectivity index (χ0n) is 14.8. The van der Waals surface area contributed by atoms with Crippen molar-refractivity contribution in [3.8, 4) is 0 Å². The van der Waals surface area contributed by atoms with Crippen molar-refractivity contribution < 1.29 is 18.7 Å². The molecule has 1 aromatic heterocycles. The van der Waals surface area contributed by atoms with Crippen molar-refractivity contribution in [2.45, 2.75) is 24.3 Å². The van der Waals surface area contributed by atoms with Crippen molar-refractivity contribution in [3.63, 3.8) is 0 Å². The Bertz CT molecular complexity index is 628. The van der Waals surface area contributed by atoms with E-state index in [-0.39, 0.29) is 23.1 Å². The molecule has 3 fully saturated rings. The molecule has 2 saturated heterocycles. The molecule has 0 spiro atoms. The molecular weight excluding hydrogens is 354 g/mol. The highest BCUT2D eigenvalue weighted by atomic mass is 32.2. The summed E-state index contributed by atoms with van der Waals surface area (Å²) in [5, 5.41) is 2.90. The van der Waals surface area contributed by atoms with Gasteiger partial charge < -0.3 is 19.4 Å². The fourth-order valence-electron chi connectivity index (χ4n) is 3.47. The molecule has 26 heavy (non-hydrogen) atoms. The summed E-state index contributed by atoms with van der Waals surface area (Å²) in [4.78, 5) is 29.7. The standard InChI is InChI=1S/C18H25N3O4S/c22-16(19-4-5-20-6-9-24-10-7-20)15-12-26-18(14-3-8-25-11-14)21(15)17(23)13-1-2-13/h3,8,11,13,15,18H,1-2,4-7,9-10,12H2,(H,19,22). The first-order valence-electron chi connectivity index (χ1n) is 9.28. The monoisotopic (exact) mass is 379 g/mol. The molecule has 1 saturated carbocycles. The van der Waals surface area contributed by atoms with Crippen LogP contribution in [0.2, 0.25) is 0 Å². The lowest BCUT2D eigenvalue weighted by Crippen LogP contribution is -2.50. The molecule has 1 aliphatic carbocycles. The smallest absolute Gasteiger partial charge is 0.243 e. The Hall–Kier alpha value is -1.51. The zero-order valence-corrected chi connectivity index (χ0v) is 15.6. The van der Waals surface area contributed by atoms with Crippen molar-refractivity contribution in [3.05, 3.63) is 24.2 Å². The molecule has 0 bridgehead atoms. The van der Waals surface area contributed by atoms with Crippen LogP contribution in [0, 0.1) is 5.92 Å². The highest BCUT2D eigenvalue weighted by Crippen LogP contribution is 2.45. The van der Waals surface area contributed by atoms with Gasteiger partial charge in [0.2, 0.25) is 11.8 Å². The summed E-state index contributed by atoms with van der Waals surface area (Å²) in [6, 6.07) is 1.47. The number of nitrogens with zero attached hydrogens (tertiary/aromatic N) is 2. The predicted molar refractivity (Wildman–Crippen MR) is 97.5 cm³/mol. The molecule has 142 valence electrons. The van der Waals surface area contributed by atoms with Gasteiger partial charge in [-0.1, -0.05) is 0 Å². The van der Waals surface area contributed by atoms with Gasteiger partial charge in [-0.15, -0.1) is 11.8 Å². The molecule has 3 aliphatic rings. The molecule has 8 heteroatoms.